The van der Waals surface area contributed by atoms with Crippen molar-refractivity contribution in [1.82, 2.24) is 24.9 Å². The van der Waals surface area contributed by atoms with Gasteiger partial charge >= 0.3 is 0 Å². The smallest absolute Gasteiger partial charge is 0.193 e. The van der Waals surface area contributed by atoms with E-state index >= 15 is 0 Å². The zero-order chi connectivity index (χ0) is 17.9. The van der Waals surface area contributed by atoms with Crippen LogP contribution in [0, 0.1) is 0 Å². The van der Waals surface area contributed by atoms with Gasteiger partial charge in [-0.3, -0.25) is 9.67 Å². The van der Waals surface area contributed by atoms with Crippen LogP contribution >= 0.6 is 24.0 Å². The third-order valence-electron chi connectivity index (χ3n) is 6.20. The molecule has 1 aliphatic carbocycles. The van der Waals surface area contributed by atoms with E-state index in [1.165, 1.54) is 44.1 Å². The maximum absolute atomic E-state index is 4.57. The third kappa shape index (κ3) is 4.71. The topological polar surface area (TPSA) is 48.7 Å². The lowest BCUT2D eigenvalue weighted by Crippen LogP contribution is -2.55. The Morgan fingerprint density at radius 2 is 2.08 bits per heavy atom. The zero-order valence-corrected chi connectivity index (χ0v) is 19.1. The van der Waals surface area contributed by atoms with Crippen LogP contribution in [0.5, 0.6) is 0 Å². The van der Waals surface area contributed by atoms with Gasteiger partial charge in [0, 0.05) is 51.4 Å². The van der Waals surface area contributed by atoms with Gasteiger partial charge in [0.15, 0.2) is 5.96 Å². The molecule has 1 saturated heterocycles. The monoisotopic (exact) mass is 474 g/mol. The number of halogens is 1. The third-order valence-corrected chi connectivity index (χ3v) is 6.20. The molecule has 0 bridgehead atoms. The largest absolute Gasteiger partial charge is 0.354 e. The van der Waals surface area contributed by atoms with Crippen LogP contribution in [0.3, 0.4) is 0 Å². The number of hydrogen-bond donors (Lipinski definition) is 1. The van der Waals surface area contributed by atoms with Gasteiger partial charge in [-0.15, -0.1) is 24.0 Å². The molecule has 2 heterocycles. The number of aliphatic imine (C=N–C) groups is 1. The number of rotatable bonds is 4. The van der Waals surface area contributed by atoms with Crippen molar-refractivity contribution in [3.63, 3.8) is 0 Å². The molecule has 1 aromatic heterocycles. The normalized spacial score (nSPS) is 23.2. The molecule has 1 aromatic rings. The van der Waals surface area contributed by atoms with Gasteiger partial charge in [-0.05, 0) is 38.9 Å². The van der Waals surface area contributed by atoms with Crippen molar-refractivity contribution in [1.29, 1.82) is 0 Å². The first-order valence-electron chi connectivity index (χ1n) is 9.66. The van der Waals surface area contributed by atoms with Crippen molar-refractivity contribution in [3.05, 3.63) is 18.0 Å². The maximum Gasteiger partial charge on any atom is 0.193 e. The quantitative estimate of drug-likeness (QED) is 0.414. The van der Waals surface area contributed by atoms with E-state index in [0.717, 1.165) is 25.6 Å². The first-order chi connectivity index (χ1) is 12.0. The van der Waals surface area contributed by atoms with Crippen LogP contribution in [-0.4, -0.2) is 71.9 Å². The number of nitrogens with one attached hydrogen (secondary N) is 1. The summed E-state index contributed by atoms with van der Waals surface area (Å²) in [5.41, 5.74) is 1.62. The van der Waals surface area contributed by atoms with Gasteiger partial charge in [0.1, 0.15) is 0 Å². The molecule has 1 saturated carbocycles. The standard InChI is InChI=1S/C19H34N6.HI/c1-20-18(21-15-19(23(2)3)9-6-5-7-10-19)25-11-8-16(14-25)17-12-22-24(4)13-17;/h12-13,16H,5-11,14-15H2,1-4H3,(H,20,21);1H. The number of aromatic nitrogens is 2. The molecule has 1 N–H and O–H groups in total. The molecule has 0 amide bonds. The van der Waals surface area contributed by atoms with Gasteiger partial charge in [0.2, 0.25) is 0 Å². The second-order valence-corrected chi connectivity index (χ2v) is 7.96. The minimum absolute atomic E-state index is 0. The first kappa shape index (κ1) is 21.5. The number of likely N-dealkylation sites (tertiary alicyclic amines) is 1. The van der Waals surface area contributed by atoms with Crippen LogP contribution in [0.4, 0.5) is 0 Å². The van der Waals surface area contributed by atoms with E-state index in [9.17, 15) is 0 Å². The Hall–Kier alpha value is -0.830. The number of likely N-dealkylation sites (N-methyl/N-ethyl adjacent to an activating group) is 1. The second-order valence-electron chi connectivity index (χ2n) is 7.96. The Kier molecular flexibility index (Phi) is 7.76. The highest BCUT2D eigenvalue weighted by atomic mass is 127. The van der Waals surface area contributed by atoms with Crippen molar-refractivity contribution in [2.45, 2.75) is 50.0 Å². The molecule has 0 aromatic carbocycles. The highest BCUT2D eigenvalue weighted by Crippen LogP contribution is 2.32. The molecule has 3 rings (SSSR count). The van der Waals surface area contributed by atoms with Crippen LogP contribution in [0.2, 0.25) is 0 Å². The van der Waals surface area contributed by atoms with E-state index in [-0.39, 0.29) is 29.5 Å². The summed E-state index contributed by atoms with van der Waals surface area (Å²) < 4.78 is 1.90. The average molecular weight is 474 g/mol. The molecule has 1 unspecified atom stereocenters. The Balaban J connectivity index is 0.00000243. The van der Waals surface area contributed by atoms with E-state index in [1.54, 1.807) is 0 Å². The van der Waals surface area contributed by atoms with Crippen molar-refractivity contribution in [2.75, 3.05) is 40.8 Å². The van der Waals surface area contributed by atoms with Crippen molar-refractivity contribution >= 4 is 29.9 Å². The fraction of sp³-hybridized carbons (Fsp3) is 0.789. The summed E-state index contributed by atoms with van der Waals surface area (Å²) in [6.07, 6.45) is 11.9. The molecule has 1 aliphatic heterocycles. The Morgan fingerprint density at radius 3 is 2.65 bits per heavy atom. The summed E-state index contributed by atoms with van der Waals surface area (Å²) in [6, 6.07) is 0. The van der Waals surface area contributed by atoms with E-state index in [0.29, 0.717) is 5.92 Å². The lowest BCUT2D eigenvalue weighted by Gasteiger charge is -2.43. The van der Waals surface area contributed by atoms with E-state index in [4.69, 9.17) is 0 Å². The highest BCUT2D eigenvalue weighted by Gasteiger charge is 2.35. The van der Waals surface area contributed by atoms with Gasteiger partial charge < -0.3 is 15.1 Å². The summed E-state index contributed by atoms with van der Waals surface area (Å²) in [7, 11) is 8.35. The summed E-state index contributed by atoms with van der Waals surface area (Å²) >= 11 is 0. The summed E-state index contributed by atoms with van der Waals surface area (Å²) in [5, 5.41) is 8.02. The summed E-state index contributed by atoms with van der Waals surface area (Å²) in [5.74, 6) is 1.61. The summed E-state index contributed by atoms with van der Waals surface area (Å²) in [6.45, 7) is 3.08. The maximum atomic E-state index is 4.57. The average Bonchev–Trinajstić information content (AvgIpc) is 3.25. The fourth-order valence-electron chi connectivity index (χ4n) is 4.44. The molecule has 2 aliphatic rings. The van der Waals surface area contributed by atoms with E-state index in [2.05, 4.69) is 45.5 Å². The summed E-state index contributed by atoms with van der Waals surface area (Å²) in [4.78, 5) is 9.40. The molecule has 0 radical (unpaired) electrons. The van der Waals surface area contributed by atoms with Crippen LogP contribution < -0.4 is 5.32 Å². The van der Waals surface area contributed by atoms with Crippen LogP contribution in [-0.2, 0) is 7.05 Å². The Labute approximate surface area is 175 Å². The van der Waals surface area contributed by atoms with Gasteiger partial charge in [-0.1, -0.05) is 19.3 Å². The number of hydrogen-bond acceptors (Lipinski definition) is 3. The predicted molar refractivity (Wildman–Crippen MR) is 118 cm³/mol. The molecule has 0 spiro atoms. The first-order valence-corrected chi connectivity index (χ1v) is 9.66. The molecular formula is C19H35IN6. The van der Waals surface area contributed by atoms with Crippen molar-refractivity contribution in [3.8, 4) is 0 Å². The van der Waals surface area contributed by atoms with Crippen LogP contribution in [0.1, 0.15) is 50.0 Å². The zero-order valence-electron chi connectivity index (χ0n) is 16.7. The van der Waals surface area contributed by atoms with Crippen molar-refractivity contribution < 1.29 is 0 Å². The molecule has 148 valence electrons. The van der Waals surface area contributed by atoms with E-state index < -0.39 is 0 Å². The number of guanidine groups is 1. The molecular weight excluding hydrogens is 439 g/mol. The lowest BCUT2D eigenvalue weighted by molar-refractivity contribution is 0.103. The fourth-order valence-corrected chi connectivity index (χ4v) is 4.44. The number of aryl methyl sites for hydroxylation is 1. The van der Waals surface area contributed by atoms with Gasteiger partial charge in [0.05, 0.1) is 6.20 Å². The van der Waals surface area contributed by atoms with Gasteiger partial charge in [-0.2, -0.15) is 5.10 Å². The minimum Gasteiger partial charge on any atom is -0.354 e. The SMILES string of the molecule is CN=C(NCC1(N(C)C)CCCCC1)N1CCC(c2cnn(C)c2)C1.I. The molecule has 26 heavy (non-hydrogen) atoms. The predicted octanol–water partition coefficient (Wildman–Crippen LogP) is 2.67. The molecule has 1 atom stereocenters. The molecule has 2 fully saturated rings. The van der Waals surface area contributed by atoms with Gasteiger partial charge in [-0.25, -0.2) is 0 Å². The van der Waals surface area contributed by atoms with Crippen molar-refractivity contribution in [2.24, 2.45) is 12.0 Å². The molecule has 6 nitrogen and oxygen atoms in total. The van der Waals surface area contributed by atoms with E-state index in [1.807, 2.05) is 25.0 Å². The highest BCUT2D eigenvalue weighted by molar-refractivity contribution is 14.0. The van der Waals surface area contributed by atoms with Crippen LogP contribution in [0.15, 0.2) is 17.4 Å². The number of nitrogens with zero attached hydrogens (tertiary/aromatic N) is 5. The second kappa shape index (κ2) is 9.39. The lowest BCUT2D eigenvalue weighted by atomic mass is 9.80. The van der Waals surface area contributed by atoms with Gasteiger partial charge in [0.25, 0.3) is 0 Å². The molecule has 7 heteroatoms. The minimum atomic E-state index is 0. The Morgan fingerprint density at radius 1 is 1.35 bits per heavy atom. The Bertz CT molecular complexity index is 591. The van der Waals surface area contributed by atoms with Crippen LogP contribution in [0.25, 0.3) is 0 Å².